The summed E-state index contributed by atoms with van der Waals surface area (Å²) in [6, 6.07) is 0. The Labute approximate surface area is 149 Å². The molecule has 134 valence electrons. The summed E-state index contributed by atoms with van der Waals surface area (Å²) in [7, 11) is 0. The highest BCUT2D eigenvalue weighted by atomic mass is 16.6. The molecule has 1 N–H and O–H groups in total. The van der Waals surface area contributed by atoms with Crippen LogP contribution in [-0.4, -0.2) is 22.5 Å². The maximum absolute atomic E-state index is 11.8. The molecule has 4 heteroatoms. The minimum Gasteiger partial charge on any atom is -0.451 e. The second-order valence-electron chi connectivity index (χ2n) is 9.07. The van der Waals surface area contributed by atoms with Crippen LogP contribution >= 0.6 is 0 Å². The standard InChI is InChI=1S/C21H27NO3/c1-20-9-6-16-15-5-3-14(22-24)12-13(15)2-4-17(16)18(20)7-10-21(20)11-8-19(23)25-21/h8,11-12,15-18,24H,2-7,9-10H2,1H3/b22-14-/t15-,16?,17?,18?,20-,21+/m0/s1. The van der Waals surface area contributed by atoms with Crippen molar-refractivity contribution < 1.29 is 14.7 Å². The lowest BCUT2D eigenvalue weighted by atomic mass is 9.50. The van der Waals surface area contributed by atoms with E-state index in [4.69, 9.17) is 9.94 Å². The van der Waals surface area contributed by atoms with Crippen molar-refractivity contribution in [2.45, 2.75) is 63.9 Å². The lowest BCUT2D eigenvalue weighted by Crippen LogP contribution is -2.52. The lowest BCUT2D eigenvalue weighted by molar-refractivity contribution is -0.161. The van der Waals surface area contributed by atoms with Crippen molar-refractivity contribution >= 4 is 11.7 Å². The maximum atomic E-state index is 11.8. The molecule has 3 unspecified atom stereocenters. The predicted octanol–water partition coefficient (Wildman–Crippen LogP) is 4.24. The van der Waals surface area contributed by atoms with Gasteiger partial charge in [-0.25, -0.2) is 4.79 Å². The smallest absolute Gasteiger partial charge is 0.331 e. The number of oxime groups is 1. The molecule has 0 aromatic rings. The quantitative estimate of drug-likeness (QED) is 0.407. The van der Waals surface area contributed by atoms with Crippen LogP contribution in [0.2, 0.25) is 0 Å². The highest BCUT2D eigenvalue weighted by molar-refractivity contribution is 5.96. The van der Waals surface area contributed by atoms with Crippen molar-refractivity contribution in [3.63, 3.8) is 0 Å². The highest BCUT2D eigenvalue weighted by Crippen LogP contribution is 2.66. The maximum Gasteiger partial charge on any atom is 0.331 e. The fourth-order valence-corrected chi connectivity index (χ4v) is 7.20. The number of esters is 1. The van der Waals surface area contributed by atoms with E-state index in [0.29, 0.717) is 11.8 Å². The van der Waals surface area contributed by atoms with E-state index in [2.05, 4.69) is 24.2 Å². The van der Waals surface area contributed by atoms with Crippen LogP contribution in [0.15, 0.2) is 29.0 Å². The predicted molar refractivity (Wildman–Crippen MR) is 94.3 cm³/mol. The van der Waals surface area contributed by atoms with Crippen LogP contribution in [0.4, 0.5) is 0 Å². The first-order valence-corrected chi connectivity index (χ1v) is 9.90. The summed E-state index contributed by atoms with van der Waals surface area (Å²) in [6.45, 7) is 2.38. The van der Waals surface area contributed by atoms with Gasteiger partial charge in [-0.05, 0) is 87.2 Å². The van der Waals surface area contributed by atoms with Gasteiger partial charge in [0.05, 0.1) is 5.71 Å². The average Bonchev–Trinajstić information content (AvgIpc) is 3.15. The Morgan fingerprint density at radius 2 is 2.04 bits per heavy atom. The Balaban J connectivity index is 1.45. The molecule has 4 nitrogen and oxygen atoms in total. The van der Waals surface area contributed by atoms with Crippen molar-refractivity contribution in [3.8, 4) is 0 Å². The number of allylic oxidation sites excluding steroid dienone is 2. The van der Waals surface area contributed by atoms with E-state index in [-0.39, 0.29) is 17.0 Å². The Bertz CT molecular complexity index is 708. The van der Waals surface area contributed by atoms with Crippen LogP contribution in [0.3, 0.4) is 0 Å². The van der Waals surface area contributed by atoms with Gasteiger partial charge in [-0.3, -0.25) is 0 Å². The minimum absolute atomic E-state index is 0.102. The third-order valence-electron chi connectivity index (χ3n) is 8.40. The zero-order chi connectivity index (χ0) is 17.2. The van der Waals surface area contributed by atoms with Crippen molar-refractivity contribution in [2.24, 2.45) is 34.2 Å². The molecular weight excluding hydrogens is 314 g/mol. The van der Waals surface area contributed by atoms with Gasteiger partial charge < -0.3 is 9.94 Å². The zero-order valence-electron chi connectivity index (χ0n) is 14.9. The molecule has 6 atom stereocenters. The number of carbonyl (C=O) groups is 1. The molecule has 4 aliphatic carbocycles. The Kier molecular flexibility index (Phi) is 3.27. The highest BCUT2D eigenvalue weighted by Gasteiger charge is 2.64. The second-order valence-corrected chi connectivity index (χ2v) is 9.07. The number of ether oxygens (including phenoxy) is 1. The van der Waals surface area contributed by atoms with Gasteiger partial charge in [0.15, 0.2) is 0 Å². The van der Waals surface area contributed by atoms with Gasteiger partial charge in [-0.2, -0.15) is 0 Å². The van der Waals surface area contributed by atoms with Crippen LogP contribution in [0.25, 0.3) is 0 Å². The van der Waals surface area contributed by atoms with Crippen LogP contribution in [0.5, 0.6) is 0 Å². The second kappa shape index (κ2) is 5.21. The zero-order valence-corrected chi connectivity index (χ0v) is 14.9. The number of hydrogen-bond acceptors (Lipinski definition) is 4. The molecule has 3 saturated carbocycles. The number of fused-ring (bicyclic) bond motifs is 6. The van der Waals surface area contributed by atoms with Crippen LogP contribution < -0.4 is 0 Å². The number of nitrogens with zero attached hydrogens (tertiary/aromatic N) is 1. The molecule has 25 heavy (non-hydrogen) atoms. The van der Waals surface area contributed by atoms with E-state index in [1.165, 1.54) is 24.8 Å². The van der Waals surface area contributed by atoms with Gasteiger partial charge in [0.2, 0.25) is 0 Å². The molecular formula is C21H27NO3. The van der Waals surface area contributed by atoms with Crippen molar-refractivity contribution in [1.29, 1.82) is 0 Å². The molecule has 1 aliphatic heterocycles. The van der Waals surface area contributed by atoms with Gasteiger partial charge in [-0.15, -0.1) is 0 Å². The van der Waals surface area contributed by atoms with Gasteiger partial charge >= 0.3 is 5.97 Å². The third-order valence-corrected chi connectivity index (χ3v) is 8.40. The molecule has 3 fully saturated rings. The minimum atomic E-state index is -0.334. The first kappa shape index (κ1) is 15.7. The molecule has 1 spiro atoms. The van der Waals surface area contributed by atoms with Crippen molar-refractivity contribution in [1.82, 2.24) is 0 Å². The number of rotatable bonds is 0. The normalized spacial score (nSPS) is 49.6. The van der Waals surface area contributed by atoms with E-state index in [1.54, 1.807) is 6.08 Å². The fourth-order valence-electron chi connectivity index (χ4n) is 7.20. The van der Waals surface area contributed by atoms with E-state index in [9.17, 15) is 4.79 Å². The van der Waals surface area contributed by atoms with Crippen molar-refractivity contribution in [2.75, 3.05) is 0 Å². The van der Waals surface area contributed by atoms with E-state index in [1.807, 2.05) is 0 Å². The first-order chi connectivity index (χ1) is 12.1. The van der Waals surface area contributed by atoms with E-state index >= 15 is 0 Å². The van der Waals surface area contributed by atoms with Crippen LogP contribution in [0, 0.1) is 29.1 Å². The molecule has 0 aromatic carbocycles. The van der Waals surface area contributed by atoms with Crippen LogP contribution in [0.1, 0.15) is 58.3 Å². The Morgan fingerprint density at radius 1 is 1.16 bits per heavy atom. The summed E-state index contributed by atoms with van der Waals surface area (Å²) in [5.41, 5.74) is 2.14. The van der Waals surface area contributed by atoms with Gasteiger partial charge in [-0.1, -0.05) is 17.7 Å². The van der Waals surface area contributed by atoms with Crippen molar-refractivity contribution in [3.05, 3.63) is 23.8 Å². The molecule has 0 radical (unpaired) electrons. The first-order valence-electron chi connectivity index (χ1n) is 9.90. The molecule has 0 aromatic heterocycles. The van der Waals surface area contributed by atoms with Gasteiger partial charge in [0.1, 0.15) is 5.60 Å². The topological polar surface area (TPSA) is 58.9 Å². The number of hydrogen-bond donors (Lipinski definition) is 1. The average molecular weight is 341 g/mol. The molecule has 1 heterocycles. The van der Waals surface area contributed by atoms with Gasteiger partial charge in [0.25, 0.3) is 0 Å². The van der Waals surface area contributed by atoms with E-state index < -0.39 is 0 Å². The monoisotopic (exact) mass is 341 g/mol. The molecule has 5 rings (SSSR count). The summed E-state index contributed by atoms with van der Waals surface area (Å²) in [4.78, 5) is 11.8. The summed E-state index contributed by atoms with van der Waals surface area (Å²) in [6.07, 6.45) is 14.9. The summed E-state index contributed by atoms with van der Waals surface area (Å²) >= 11 is 0. The number of carbonyl (C=O) groups excluding carboxylic acids is 1. The summed E-state index contributed by atoms with van der Waals surface area (Å²) in [5.74, 6) is 2.69. The third kappa shape index (κ3) is 2.00. The molecule has 0 saturated heterocycles. The van der Waals surface area contributed by atoms with E-state index in [0.717, 1.165) is 49.7 Å². The molecule has 0 bridgehead atoms. The van der Waals surface area contributed by atoms with Crippen LogP contribution in [-0.2, 0) is 9.53 Å². The summed E-state index contributed by atoms with van der Waals surface area (Å²) < 4.78 is 5.89. The summed E-state index contributed by atoms with van der Waals surface area (Å²) in [5, 5.41) is 12.6. The molecule has 5 aliphatic rings. The largest absolute Gasteiger partial charge is 0.451 e. The molecule has 0 amide bonds. The Morgan fingerprint density at radius 3 is 2.80 bits per heavy atom. The Hall–Kier alpha value is -1.58. The van der Waals surface area contributed by atoms with Gasteiger partial charge in [0, 0.05) is 11.5 Å². The fraction of sp³-hybridized carbons (Fsp3) is 0.714. The lowest BCUT2D eigenvalue weighted by Gasteiger charge is -2.55. The SMILES string of the molecule is C[C@]12CCC3C(CCC4=C/C(=N\O)CC[C@@H]43)C1CC[C@@]21C=CC(=O)O1.